The van der Waals surface area contributed by atoms with Crippen molar-refractivity contribution in [1.82, 2.24) is 0 Å². The van der Waals surface area contributed by atoms with Crippen molar-refractivity contribution in [2.45, 2.75) is 19.4 Å². The molecule has 0 amide bonds. The van der Waals surface area contributed by atoms with Gasteiger partial charge in [-0.3, -0.25) is 0 Å². The molecule has 0 aromatic heterocycles. The highest BCUT2D eigenvalue weighted by Crippen LogP contribution is 2.12. The minimum atomic E-state index is -0.610. The molecular formula is C18H20N2O2. The van der Waals surface area contributed by atoms with E-state index in [0.29, 0.717) is 17.9 Å². The molecule has 2 N–H and O–H groups in total. The summed E-state index contributed by atoms with van der Waals surface area (Å²) < 4.78 is 5.49. The standard InChI is InChI=1S/C18H20N2O2/c1-2-14-3-7-16(8-4-14)20-12-17(21)13-22-18-9-5-15(11-19)6-10-18/h3-10,17,20-21H,2,12-13H2,1H3. The molecule has 0 saturated carbocycles. The number of anilines is 1. The molecule has 0 aliphatic carbocycles. The molecule has 2 rings (SSSR count). The third kappa shape index (κ3) is 4.80. The Bertz CT molecular complexity index is 615. The first-order chi connectivity index (χ1) is 10.7. The Balaban J connectivity index is 1.75. The highest BCUT2D eigenvalue weighted by Gasteiger charge is 2.05. The van der Waals surface area contributed by atoms with E-state index in [1.54, 1.807) is 24.3 Å². The average molecular weight is 296 g/mol. The first-order valence-electron chi connectivity index (χ1n) is 7.35. The maximum Gasteiger partial charge on any atom is 0.119 e. The molecule has 2 aromatic carbocycles. The molecule has 1 unspecified atom stereocenters. The zero-order valence-corrected chi connectivity index (χ0v) is 12.6. The number of nitriles is 1. The number of hydrogen-bond acceptors (Lipinski definition) is 4. The predicted octanol–water partition coefficient (Wildman–Crippen LogP) is 2.97. The summed E-state index contributed by atoms with van der Waals surface area (Å²) in [6, 6.07) is 17.0. The lowest BCUT2D eigenvalue weighted by Gasteiger charge is -2.14. The minimum Gasteiger partial charge on any atom is -0.491 e. The molecule has 0 heterocycles. The number of hydrogen-bond donors (Lipinski definition) is 2. The molecule has 0 aliphatic heterocycles. The Labute approximate surface area is 131 Å². The number of nitrogens with zero attached hydrogens (tertiary/aromatic N) is 1. The number of rotatable bonds is 7. The topological polar surface area (TPSA) is 65.3 Å². The van der Waals surface area contributed by atoms with E-state index in [4.69, 9.17) is 10.00 Å². The van der Waals surface area contributed by atoms with E-state index >= 15 is 0 Å². The lowest BCUT2D eigenvalue weighted by Crippen LogP contribution is -2.26. The van der Waals surface area contributed by atoms with Crippen LogP contribution in [0.4, 0.5) is 5.69 Å². The van der Waals surface area contributed by atoms with Gasteiger partial charge in [-0.2, -0.15) is 5.26 Å². The third-order valence-electron chi connectivity index (χ3n) is 3.33. The fourth-order valence-electron chi connectivity index (χ4n) is 1.97. The van der Waals surface area contributed by atoms with Crippen LogP contribution in [0.5, 0.6) is 5.75 Å². The van der Waals surface area contributed by atoms with Crippen LogP contribution in [0.15, 0.2) is 48.5 Å². The second-order valence-corrected chi connectivity index (χ2v) is 5.03. The second-order valence-electron chi connectivity index (χ2n) is 5.03. The molecule has 0 radical (unpaired) electrons. The Morgan fingerprint density at radius 2 is 1.82 bits per heavy atom. The van der Waals surface area contributed by atoms with Crippen LogP contribution >= 0.6 is 0 Å². The molecule has 4 heteroatoms. The summed E-state index contributed by atoms with van der Waals surface area (Å²) in [7, 11) is 0. The number of ether oxygens (including phenoxy) is 1. The van der Waals surface area contributed by atoms with Gasteiger partial charge in [0.15, 0.2) is 0 Å². The largest absolute Gasteiger partial charge is 0.491 e. The van der Waals surface area contributed by atoms with Crippen molar-refractivity contribution < 1.29 is 9.84 Å². The van der Waals surface area contributed by atoms with Gasteiger partial charge in [-0.05, 0) is 48.4 Å². The highest BCUT2D eigenvalue weighted by atomic mass is 16.5. The van der Waals surface area contributed by atoms with Crippen LogP contribution in [-0.2, 0) is 6.42 Å². The third-order valence-corrected chi connectivity index (χ3v) is 3.33. The summed E-state index contributed by atoms with van der Waals surface area (Å²) in [6.07, 6.45) is 0.405. The second kappa shape index (κ2) is 8.06. The number of aryl methyl sites for hydroxylation is 1. The molecule has 22 heavy (non-hydrogen) atoms. The summed E-state index contributed by atoms with van der Waals surface area (Å²) in [5, 5.41) is 21.8. The highest BCUT2D eigenvalue weighted by molar-refractivity contribution is 5.44. The van der Waals surface area contributed by atoms with Crippen LogP contribution in [-0.4, -0.2) is 24.4 Å². The van der Waals surface area contributed by atoms with E-state index < -0.39 is 6.10 Å². The molecule has 2 aromatic rings. The molecule has 114 valence electrons. The normalized spacial score (nSPS) is 11.5. The van der Waals surface area contributed by atoms with Crippen molar-refractivity contribution in [2.24, 2.45) is 0 Å². The van der Waals surface area contributed by atoms with Crippen LogP contribution < -0.4 is 10.1 Å². The van der Waals surface area contributed by atoms with Crippen molar-refractivity contribution in [3.05, 3.63) is 59.7 Å². The predicted molar refractivity (Wildman–Crippen MR) is 87.0 cm³/mol. The zero-order valence-electron chi connectivity index (χ0n) is 12.6. The fourth-order valence-corrected chi connectivity index (χ4v) is 1.97. The van der Waals surface area contributed by atoms with Crippen molar-refractivity contribution in [2.75, 3.05) is 18.5 Å². The van der Waals surface area contributed by atoms with Crippen molar-refractivity contribution in [1.29, 1.82) is 5.26 Å². The summed E-state index contributed by atoms with van der Waals surface area (Å²) in [4.78, 5) is 0. The Morgan fingerprint density at radius 1 is 1.14 bits per heavy atom. The van der Waals surface area contributed by atoms with Gasteiger partial charge in [0.2, 0.25) is 0 Å². The Kier molecular flexibility index (Phi) is 5.81. The number of nitrogens with one attached hydrogen (secondary N) is 1. The van der Waals surface area contributed by atoms with E-state index in [-0.39, 0.29) is 6.61 Å². The molecule has 0 spiro atoms. The van der Waals surface area contributed by atoms with Crippen LogP contribution in [0.1, 0.15) is 18.1 Å². The van der Waals surface area contributed by atoms with Crippen molar-refractivity contribution >= 4 is 5.69 Å². The molecule has 0 bridgehead atoms. The van der Waals surface area contributed by atoms with E-state index in [2.05, 4.69) is 30.4 Å². The van der Waals surface area contributed by atoms with Crippen LogP contribution in [0.2, 0.25) is 0 Å². The van der Waals surface area contributed by atoms with E-state index in [1.165, 1.54) is 5.56 Å². The lowest BCUT2D eigenvalue weighted by atomic mass is 10.1. The van der Waals surface area contributed by atoms with Gasteiger partial charge in [0.1, 0.15) is 18.5 Å². The average Bonchev–Trinajstić information content (AvgIpc) is 2.59. The molecule has 0 saturated heterocycles. The first-order valence-corrected chi connectivity index (χ1v) is 7.35. The van der Waals surface area contributed by atoms with Crippen LogP contribution in [0, 0.1) is 11.3 Å². The Morgan fingerprint density at radius 3 is 2.41 bits per heavy atom. The van der Waals surface area contributed by atoms with Crippen molar-refractivity contribution in [3.63, 3.8) is 0 Å². The maximum absolute atomic E-state index is 9.93. The summed E-state index contributed by atoms with van der Waals surface area (Å²) in [5.74, 6) is 0.644. The van der Waals surface area contributed by atoms with Gasteiger partial charge in [-0.15, -0.1) is 0 Å². The van der Waals surface area contributed by atoms with Gasteiger partial charge in [0.05, 0.1) is 11.6 Å². The fraction of sp³-hybridized carbons (Fsp3) is 0.278. The summed E-state index contributed by atoms with van der Waals surface area (Å²) in [6.45, 7) is 2.74. The van der Waals surface area contributed by atoms with Crippen molar-refractivity contribution in [3.8, 4) is 11.8 Å². The monoisotopic (exact) mass is 296 g/mol. The first kappa shape index (κ1) is 15.9. The quantitative estimate of drug-likeness (QED) is 0.824. The maximum atomic E-state index is 9.93. The van der Waals surface area contributed by atoms with Gasteiger partial charge >= 0.3 is 0 Å². The smallest absolute Gasteiger partial charge is 0.119 e. The van der Waals surface area contributed by atoms with E-state index in [1.807, 2.05) is 12.1 Å². The van der Waals surface area contributed by atoms with Gasteiger partial charge < -0.3 is 15.2 Å². The van der Waals surface area contributed by atoms with E-state index in [9.17, 15) is 5.11 Å². The van der Waals surface area contributed by atoms with Gasteiger partial charge in [0, 0.05) is 12.2 Å². The zero-order chi connectivity index (χ0) is 15.8. The number of benzene rings is 2. The van der Waals surface area contributed by atoms with Crippen LogP contribution in [0.25, 0.3) is 0 Å². The SMILES string of the molecule is CCc1ccc(NCC(O)COc2ccc(C#N)cc2)cc1. The molecule has 0 aliphatic rings. The summed E-state index contributed by atoms with van der Waals surface area (Å²) >= 11 is 0. The molecule has 0 fully saturated rings. The van der Waals surface area contributed by atoms with Gasteiger partial charge in [-0.25, -0.2) is 0 Å². The van der Waals surface area contributed by atoms with Gasteiger partial charge in [-0.1, -0.05) is 19.1 Å². The number of aliphatic hydroxyl groups excluding tert-OH is 1. The Hall–Kier alpha value is -2.51. The molecule has 4 nitrogen and oxygen atoms in total. The van der Waals surface area contributed by atoms with Gasteiger partial charge in [0.25, 0.3) is 0 Å². The summed E-state index contributed by atoms with van der Waals surface area (Å²) in [5.41, 5.74) is 2.86. The number of aliphatic hydroxyl groups is 1. The van der Waals surface area contributed by atoms with E-state index in [0.717, 1.165) is 12.1 Å². The molecule has 1 atom stereocenters. The van der Waals surface area contributed by atoms with Crippen LogP contribution in [0.3, 0.4) is 0 Å². The molecular weight excluding hydrogens is 276 g/mol. The minimum absolute atomic E-state index is 0.200. The lowest BCUT2D eigenvalue weighted by molar-refractivity contribution is 0.117.